The number of rotatable bonds is 6. The van der Waals surface area contributed by atoms with Gasteiger partial charge in [0.15, 0.2) is 0 Å². The van der Waals surface area contributed by atoms with E-state index in [1.807, 2.05) is 60.4 Å². The summed E-state index contributed by atoms with van der Waals surface area (Å²) >= 11 is 1.25. The number of aromatic nitrogens is 1. The fraction of sp³-hybridized carbons (Fsp3) is 0.290. The third-order valence-electron chi connectivity index (χ3n) is 7.90. The zero-order valence-corrected chi connectivity index (χ0v) is 23.8. The molecule has 2 saturated heterocycles. The molecule has 3 aliphatic heterocycles. The molecule has 0 bridgehead atoms. The van der Waals surface area contributed by atoms with E-state index in [1.165, 1.54) is 11.3 Å². The first-order chi connectivity index (χ1) is 20.5. The maximum absolute atomic E-state index is 13.6. The minimum Gasteiger partial charge on any atom is -0.457 e. The van der Waals surface area contributed by atoms with Crippen LogP contribution in [-0.4, -0.2) is 60.1 Å². The number of piperidine rings is 1. The Morgan fingerprint density at radius 3 is 2.69 bits per heavy atom. The number of aryl methyl sites for hydroxylation is 1. The van der Waals surface area contributed by atoms with Gasteiger partial charge in [0.2, 0.25) is 5.91 Å². The third kappa shape index (κ3) is 4.74. The lowest BCUT2D eigenvalue weighted by molar-refractivity contribution is -0.151. The van der Waals surface area contributed by atoms with Crippen LogP contribution in [0.3, 0.4) is 0 Å². The van der Waals surface area contributed by atoms with Crippen molar-refractivity contribution in [1.29, 1.82) is 0 Å². The predicted octanol–water partition coefficient (Wildman–Crippen LogP) is 5.45. The summed E-state index contributed by atoms with van der Waals surface area (Å²) in [5.74, 6) is 1.13. The number of carbonyl (C=O) groups is 3. The Hall–Kier alpha value is -4.48. The van der Waals surface area contributed by atoms with Crippen molar-refractivity contribution >= 4 is 56.5 Å². The molecule has 4 amide bonds. The predicted molar refractivity (Wildman–Crippen MR) is 160 cm³/mol. The number of para-hydroxylation sites is 1. The molecule has 7 rings (SSSR count). The second-order valence-corrected chi connectivity index (χ2v) is 11.8. The van der Waals surface area contributed by atoms with Crippen molar-refractivity contribution in [2.75, 3.05) is 36.5 Å². The molecule has 42 heavy (non-hydrogen) atoms. The van der Waals surface area contributed by atoms with Gasteiger partial charge in [-0.1, -0.05) is 18.2 Å². The zero-order valence-electron chi connectivity index (χ0n) is 23.0. The van der Waals surface area contributed by atoms with Gasteiger partial charge in [-0.05, 0) is 61.7 Å². The number of hydrogen-bond donors (Lipinski definition) is 2. The van der Waals surface area contributed by atoms with Gasteiger partial charge in [0.25, 0.3) is 5.91 Å². The topological polar surface area (TPSA) is 113 Å². The molecule has 1 atom stereocenters. The van der Waals surface area contributed by atoms with E-state index < -0.39 is 0 Å². The molecule has 2 aromatic heterocycles. The number of anilines is 3. The van der Waals surface area contributed by atoms with E-state index in [4.69, 9.17) is 9.47 Å². The van der Waals surface area contributed by atoms with Gasteiger partial charge in [-0.2, -0.15) is 0 Å². The van der Waals surface area contributed by atoms with Crippen molar-refractivity contribution in [1.82, 2.24) is 15.2 Å². The normalized spacial score (nSPS) is 18.4. The number of carbonyl (C=O) groups excluding carboxylic acids is 3. The van der Waals surface area contributed by atoms with Crippen molar-refractivity contribution in [3.8, 4) is 11.5 Å². The highest BCUT2D eigenvalue weighted by atomic mass is 32.1. The summed E-state index contributed by atoms with van der Waals surface area (Å²) in [5.41, 5.74) is 2.68. The number of thiophene rings is 1. The van der Waals surface area contributed by atoms with Crippen molar-refractivity contribution in [3.05, 3.63) is 71.2 Å². The number of ether oxygens (including phenoxy) is 2. The lowest BCUT2D eigenvalue weighted by atomic mass is 10.0. The quantitative estimate of drug-likeness (QED) is 0.312. The van der Waals surface area contributed by atoms with Crippen LogP contribution >= 0.6 is 11.3 Å². The van der Waals surface area contributed by atoms with E-state index in [0.29, 0.717) is 58.8 Å². The van der Waals surface area contributed by atoms with Gasteiger partial charge in [-0.15, -0.1) is 11.3 Å². The molecule has 214 valence electrons. The Labute approximate surface area is 246 Å². The first-order valence-corrected chi connectivity index (χ1v) is 14.8. The summed E-state index contributed by atoms with van der Waals surface area (Å²) in [6.07, 6.45) is 3.25. The second kappa shape index (κ2) is 10.7. The van der Waals surface area contributed by atoms with Crippen LogP contribution in [0.2, 0.25) is 0 Å². The highest BCUT2D eigenvalue weighted by Crippen LogP contribution is 2.46. The average Bonchev–Trinajstić information content (AvgIpc) is 3.33. The van der Waals surface area contributed by atoms with Gasteiger partial charge >= 0.3 is 6.03 Å². The molecular weight excluding hydrogens is 554 g/mol. The molecule has 10 nitrogen and oxygen atoms in total. The number of hydrogen-bond acceptors (Lipinski definition) is 7. The van der Waals surface area contributed by atoms with E-state index >= 15 is 0 Å². The molecule has 2 N–H and O–H groups in total. The van der Waals surface area contributed by atoms with Gasteiger partial charge in [0.1, 0.15) is 21.2 Å². The molecule has 0 radical (unpaired) electrons. The van der Waals surface area contributed by atoms with E-state index in [2.05, 4.69) is 15.6 Å². The van der Waals surface area contributed by atoms with Crippen molar-refractivity contribution in [2.45, 2.75) is 25.8 Å². The summed E-state index contributed by atoms with van der Waals surface area (Å²) in [5, 5.41) is 6.80. The minimum absolute atomic E-state index is 0.0783. The molecule has 3 aliphatic rings. The molecule has 11 heteroatoms. The van der Waals surface area contributed by atoms with Crippen LogP contribution in [-0.2, 0) is 9.53 Å². The Bertz CT molecular complexity index is 1700. The number of nitrogens with zero attached hydrogens (tertiary/aromatic N) is 3. The fourth-order valence-corrected chi connectivity index (χ4v) is 6.76. The molecule has 2 fully saturated rings. The molecule has 5 heterocycles. The molecule has 0 aliphatic carbocycles. The Kier molecular flexibility index (Phi) is 6.75. The lowest BCUT2D eigenvalue weighted by Gasteiger charge is -2.37. The van der Waals surface area contributed by atoms with Crippen LogP contribution in [0.5, 0.6) is 11.5 Å². The van der Waals surface area contributed by atoms with Gasteiger partial charge in [-0.25, -0.2) is 9.78 Å². The van der Waals surface area contributed by atoms with Gasteiger partial charge < -0.3 is 25.0 Å². The molecule has 4 aromatic rings. The fourth-order valence-electron chi connectivity index (χ4n) is 5.73. The number of amides is 4. The largest absolute Gasteiger partial charge is 0.457 e. The first-order valence-electron chi connectivity index (χ1n) is 14.0. The smallest absolute Gasteiger partial charge is 0.331 e. The summed E-state index contributed by atoms with van der Waals surface area (Å²) in [6.45, 7) is 4.02. The van der Waals surface area contributed by atoms with Crippen molar-refractivity contribution < 1.29 is 23.9 Å². The third-order valence-corrected chi connectivity index (χ3v) is 8.99. The number of benzene rings is 2. The van der Waals surface area contributed by atoms with Crippen molar-refractivity contribution in [2.24, 2.45) is 5.92 Å². The first kappa shape index (κ1) is 26.4. The van der Waals surface area contributed by atoms with E-state index in [9.17, 15) is 14.4 Å². The van der Waals surface area contributed by atoms with E-state index in [-0.39, 0.29) is 29.8 Å². The number of likely N-dealkylation sites (tertiary alicyclic amines) is 1. The van der Waals surface area contributed by atoms with Crippen LogP contribution < -0.4 is 20.3 Å². The van der Waals surface area contributed by atoms with Gasteiger partial charge in [0.05, 0.1) is 41.6 Å². The molecule has 0 saturated carbocycles. The lowest BCUT2D eigenvalue weighted by Crippen LogP contribution is -2.53. The maximum atomic E-state index is 13.6. The van der Waals surface area contributed by atoms with Crippen LogP contribution in [0.4, 0.5) is 21.9 Å². The monoisotopic (exact) mass is 583 g/mol. The van der Waals surface area contributed by atoms with Gasteiger partial charge in [0, 0.05) is 25.3 Å². The summed E-state index contributed by atoms with van der Waals surface area (Å²) in [4.78, 5) is 48.9. The van der Waals surface area contributed by atoms with E-state index in [0.717, 1.165) is 29.5 Å². The van der Waals surface area contributed by atoms with Gasteiger partial charge in [-0.3, -0.25) is 14.5 Å². The standard InChI is InChI=1S/C31H29N5O5S/c1-18-14-22(41-21-7-3-2-4-8-21)9-10-23(18)36-24-11-12-32-29-25(24)26(34-31(36)39)27(42-29)28(37)33-20-6-5-13-35(15-20)30(38)19-16-40-17-19/h2-4,7-12,14,19-20H,5-6,13,15-17H2,1H3,(H,33,37)(H,34,39). The van der Waals surface area contributed by atoms with Crippen LogP contribution in [0.1, 0.15) is 28.1 Å². The summed E-state index contributed by atoms with van der Waals surface area (Å²) < 4.78 is 11.2. The molecule has 1 unspecified atom stereocenters. The highest BCUT2D eigenvalue weighted by Gasteiger charge is 2.36. The highest BCUT2D eigenvalue weighted by molar-refractivity contribution is 7.21. The molecule has 0 spiro atoms. The molecular formula is C31H29N5O5S. The van der Waals surface area contributed by atoms with Crippen LogP contribution in [0.25, 0.3) is 10.2 Å². The minimum atomic E-state index is -0.362. The second-order valence-electron chi connectivity index (χ2n) is 10.8. The number of pyridine rings is 1. The Morgan fingerprint density at radius 1 is 1.10 bits per heavy atom. The maximum Gasteiger partial charge on any atom is 0.331 e. The number of urea groups is 1. The summed E-state index contributed by atoms with van der Waals surface area (Å²) in [6, 6.07) is 16.4. The van der Waals surface area contributed by atoms with E-state index in [1.54, 1.807) is 17.2 Å². The average molecular weight is 584 g/mol. The Balaban J connectivity index is 1.14. The molecule has 2 aromatic carbocycles. The SMILES string of the molecule is Cc1cc(Oc2ccccc2)ccc1N1C(=O)Nc2c(C(=O)NC3CCCN(C(=O)C4COC4)C3)sc3nccc1c23. The number of nitrogens with one attached hydrogen (secondary N) is 2. The van der Waals surface area contributed by atoms with Crippen LogP contribution in [0, 0.1) is 12.8 Å². The van der Waals surface area contributed by atoms with Crippen molar-refractivity contribution in [3.63, 3.8) is 0 Å². The Morgan fingerprint density at radius 2 is 1.93 bits per heavy atom. The summed E-state index contributed by atoms with van der Waals surface area (Å²) in [7, 11) is 0. The zero-order chi connectivity index (χ0) is 28.8. The van der Waals surface area contributed by atoms with Crippen LogP contribution in [0.15, 0.2) is 60.8 Å².